The first-order chi connectivity index (χ1) is 15.0. The normalized spacial score (nSPS) is 15.9. The van der Waals surface area contributed by atoms with E-state index in [0.29, 0.717) is 39.5 Å². The quantitative estimate of drug-likeness (QED) is 0.560. The number of ether oxygens (including phenoxy) is 1. The maximum absolute atomic E-state index is 12.7. The van der Waals surface area contributed by atoms with E-state index in [1.165, 1.54) is 33.6 Å². The zero-order chi connectivity index (χ0) is 21.8. The highest BCUT2D eigenvalue weighted by atomic mass is 32.2. The van der Waals surface area contributed by atoms with E-state index in [1.807, 2.05) is 5.38 Å². The van der Waals surface area contributed by atoms with Crippen LogP contribution < -0.4 is 15.6 Å². The van der Waals surface area contributed by atoms with Crippen LogP contribution in [0.2, 0.25) is 0 Å². The van der Waals surface area contributed by atoms with Crippen molar-refractivity contribution in [2.45, 2.75) is 11.8 Å². The number of nitrogens with one attached hydrogen (secondary N) is 1. The Labute approximate surface area is 191 Å². The minimum absolute atomic E-state index is 0.0983. The number of aromatic nitrogens is 2. The molecule has 3 aromatic rings. The van der Waals surface area contributed by atoms with Crippen LogP contribution >= 0.6 is 34.9 Å². The van der Waals surface area contributed by atoms with Crippen LogP contribution in [0.25, 0.3) is 4.96 Å². The standard InChI is InChI=1S/C20H20N4O4S3/c1-28-15-4-2-13(3-5-15)21-19(27)16-10-30-12-24(16)18(26)11-29-9-14-8-17(25)23-6-7-31-20(23)22-14/h2-8,16H,9-12H2,1H3,(H,21,27). The summed E-state index contributed by atoms with van der Waals surface area (Å²) in [5.74, 6) is 2.13. The molecule has 8 nitrogen and oxygen atoms in total. The van der Waals surface area contributed by atoms with Crippen molar-refractivity contribution in [2.75, 3.05) is 29.8 Å². The van der Waals surface area contributed by atoms with Crippen molar-refractivity contribution in [1.82, 2.24) is 14.3 Å². The highest BCUT2D eigenvalue weighted by Crippen LogP contribution is 2.24. The number of thiazole rings is 1. The summed E-state index contributed by atoms with van der Waals surface area (Å²) in [5, 5.41) is 4.68. The molecule has 1 unspecified atom stereocenters. The first-order valence-electron chi connectivity index (χ1n) is 9.41. The molecular formula is C20H20N4O4S3. The van der Waals surface area contributed by atoms with Gasteiger partial charge in [0.1, 0.15) is 11.8 Å². The lowest BCUT2D eigenvalue weighted by molar-refractivity contribution is -0.134. The maximum Gasteiger partial charge on any atom is 0.258 e. The smallest absolute Gasteiger partial charge is 0.258 e. The van der Waals surface area contributed by atoms with Crippen molar-refractivity contribution in [3.63, 3.8) is 0 Å². The molecular weight excluding hydrogens is 456 g/mol. The average Bonchev–Trinajstić information content (AvgIpc) is 3.44. The number of thioether (sulfide) groups is 2. The maximum atomic E-state index is 12.7. The third-order valence-corrected chi connectivity index (χ3v) is 7.41. The van der Waals surface area contributed by atoms with Crippen LogP contribution in [-0.4, -0.2) is 56.6 Å². The van der Waals surface area contributed by atoms with Crippen molar-refractivity contribution in [1.29, 1.82) is 0 Å². The number of amides is 2. The van der Waals surface area contributed by atoms with Crippen molar-refractivity contribution in [2.24, 2.45) is 0 Å². The molecule has 0 saturated carbocycles. The number of hydrogen-bond donors (Lipinski definition) is 1. The molecule has 1 aliphatic rings. The topological polar surface area (TPSA) is 93.0 Å². The molecule has 0 bridgehead atoms. The summed E-state index contributed by atoms with van der Waals surface area (Å²) < 4.78 is 6.62. The molecule has 11 heteroatoms. The fraction of sp³-hybridized carbons (Fsp3) is 0.300. The Bertz CT molecular complexity index is 1150. The largest absolute Gasteiger partial charge is 0.497 e. The molecule has 0 spiro atoms. The fourth-order valence-electron chi connectivity index (χ4n) is 3.09. The molecule has 3 heterocycles. The second-order valence-corrected chi connectivity index (χ2v) is 9.59. The molecule has 1 saturated heterocycles. The number of fused-ring (bicyclic) bond motifs is 1. The second-order valence-electron chi connectivity index (χ2n) is 6.73. The number of hydrogen-bond acceptors (Lipinski definition) is 8. The zero-order valence-electron chi connectivity index (χ0n) is 16.6. The lowest BCUT2D eigenvalue weighted by Crippen LogP contribution is -2.45. The third-order valence-electron chi connectivity index (χ3n) is 4.69. The van der Waals surface area contributed by atoms with E-state index in [1.54, 1.807) is 54.2 Å². The van der Waals surface area contributed by atoms with Crippen molar-refractivity contribution >= 4 is 57.3 Å². The predicted molar refractivity (Wildman–Crippen MR) is 125 cm³/mol. The second kappa shape index (κ2) is 9.75. The van der Waals surface area contributed by atoms with Gasteiger partial charge >= 0.3 is 0 Å². The fourth-order valence-corrected chi connectivity index (χ4v) is 5.81. The van der Waals surface area contributed by atoms with Gasteiger partial charge < -0.3 is 15.0 Å². The Kier molecular flexibility index (Phi) is 6.83. The third kappa shape index (κ3) is 5.05. The van der Waals surface area contributed by atoms with Crippen LogP contribution in [0.15, 0.2) is 46.7 Å². The van der Waals surface area contributed by atoms with Crippen LogP contribution in [0.5, 0.6) is 5.75 Å². The van der Waals surface area contributed by atoms with Gasteiger partial charge in [-0.15, -0.1) is 34.9 Å². The van der Waals surface area contributed by atoms with Crippen molar-refractivity contribution < 1.29 is 14.3 Å². The predicted octanol–water partition coefficient (Wildman–Crippen LogP) is 2.54. The van der Waals surface area contributed by atoms with E-state index < -0.39 is 6.04 Å². The molecule has 162 valence electrons. The van der Waals surface area contributed by atoms with Crippen LogP contribution in [0.3, 0.4) is 0 Å². The van der Waals surface area contributed by atoms with Crippen LogP contribution in [0, 0.1) is 0 Å². The monoisotopic (exact) mass is 476 g/mol. The summed E-state index contributed by atoms with van der Waals surface area (Å²) in [6.07, 6.45) is 1.69. The molecule has 0 aliphatic carbocycles. The minimum Gasteiger partial charge on any atom is -0.497 e. The van der Waals surface area contributed by atoms with Crippen LogP contribution in [0.1, 0.15) is 5.69 Å². The zero-order valence-corrected chi connectivity index (χ0v) is 19.1. The number of carbonyl (C=O) groups excluding carboxylic acids is 2. The SMILES string of the molecule is COc1ccc(NC(=O)C2CSCN2C(=O)CSCc2cc(=O)n3ccsc3n2)cc1. The highest BCUT2D eigenvalue weighted by Gasteiger charge is 2.34. The van der Waals surface area contributed by atoms with Gasteiger partial charge in [0.25, 0.3) is 5.56 Å². The number of nitrogens with zero attached hydrogens (tertiary/aromatic N) is 3. The number of carbonyl (C=O) groups is 2. The molecule has 0 radical (unpaired) electrons. The Hall–Kier alpha value is -2.50. The Balaban J connectivity index is 1.32. The summed E-state index contributed by atoms with van der Waals surface area (Å²) in [4.78, 5) is 44.2. The van der Waals surface area contributed by atoms with Gasteiger partial charge in [-0.3, -0.25) is 18.8 Å². The van der Waals surface area contributed by atoms with Crippen LogP contribution in [0.4, 0.5) is 5.69 Å². The van der Waals surface area contributed by atoms with Gasteiger partial charge in [-0.2, -0.15) is 0 Å². The lowest BCUT2D eigenvalue weighted by Gasteiger charge is -2.23. The lowest BCUT2D eigenvalue weighted by atomic mass is 10.2. The van der Waals surface area contributed by atoms with Crippen molar-refractivity contribution in [3.8, 4) is 5.75 Å². The molecule has 1 N–H and O–H groups in total. The van der Waals surface area contributed by atoms with Crippen LogP contribution in [-0.2, 0) is 15.3 Å². The molecule has 1 atom stereocenters. The van der Waals surface area contributed by atoms with Gasteiger partial charge in [0.2, 0.25) is 11.8 Å². The Morgan fingerprint density at radius 1 is 1.32 bits per heavy atom. The number of rotatable bonds is 7. The molecule has 2 amide bonds. The minimum atomic E-state index is -0.509. The molecule has 2 aromatic heterocycles. The molecule has 31 heavy (non-hydrogen) atoms. The molecule has 1 aliphatic heterocycles. The Morgan fingerprint density at radius 3 is 2.90 bits per heavy atom. The van der Waals surface area contributed by atoms with E-state index >= 15 is 0 Å². The Morgan fingerprint density at radius 2 is 2.13 bits per heavy atom. The van der Waals surface area contributed by atoms with E-state index in [0.717, 1.165) is 0 Å². The summed E-state index contributed by atoms with van der Waals surface area (Å²) in [5.41, 5.74) is 1.18. The highest BCUT2D eigenvalue weighted by molar-refractivity contribution is 7.99. The average molecular weight is 477 g/mol. The van der Waals surface area contributed by atoms with E-state index in [-0.39, 0.29) is 23.1 Å². The molecule has 1 aromatic carbocycles. The van der Waals surface area contributed by atoms with E-state index in [4.69, 9.17) is 4.74 Å². The van der Waals surface area contributed by atoms with Gasteiger partial charge in [-0.25, -0.2) is 4.98 Å². The van der Waals surface area contributed by atoms with Gasteiger partial charge in [-0.05, 0) is 24.3 Å². The summed E-state index contributed by atoms with van der Waals surface area (Å²) in [7, 11) is 1.58. The van der Waals surface area contributed by atoms with Gasteiger partial charge in [-0.1, -0.05) is 0 Å². The number of methoxy groups -OCH3 is 1. The summed E-state index contributed by atoms with van der Waals surface area (Å²) >= 11 is 4.34. The number of anilines is 1. The molecule has 4 rings (SSSR count). The first-order valence-corrected chi connectivity index (χ1v) is 12.6. The summed E-state index contributed by atoms with van der Waals surface area (Å²) in [6.45, 7) is 0. The van der Waals surface area contributed by atoms with Gasteiger partial charge in [0, 0.05) is 34.8 Å². The number of benzene rings is 1. The summed E-state index contributed by atoms with van der Waals surface area (Å²) in [6, 6.07) is 8.05. The van der Waals surface area contributed by atoms with Gasteiger partial charge in [0.15, 0.2) is 4.96 Å². The molecule has 1 fully saturated rings. The van der Waals surface area contributed by atoms with E-state index in [2.05, 4.69) is 10.3 Å². The first kappa shape index (κ1) is 21.7. The van der Waals surface area contributed by atoms with Crippen molar-refractivity contribution in [3.05, 3.63) is 58.0 Å². The van der Waals surface area contributed by atoms with E-state index in [9.17, 15) is 14.4 Å². The van der Waals surface area contributed by atoms with Gasteiger partial charge in [0.05, 0.1) is 24.4 Å².